The van der Waals surface area contributed by atoms with Gasteiger partial charge in [0.05, 0.1) is 4.90 Å². The molecule has 1 N–H and O–H groups in total. The van der Waals surface area contributed by atoms with Crippen molar-refractivity contribution < 1.29 is 8.42 Å². The molecule has 0 atom stereocenters. The summed E-state index contributed by atoms with van der Waals surface area (Å²) in [4.78, 5) is 21.9. The summed E-state index contributed by atoms with van der Waals surface area (Å²) < 4.78 is 28.8. The number of anilines is 1. The van der Waals surface area contributed by atoms with Gasteiger partial charge in [0, 0.05) is 72.4 Å². The van der Waals surface area contributed by atoms with Crippen molar-refractivity contribution in [1.29, 1.82) is 0 Å². The van der Waals surface area contributed by atoms with E-state index in [4.69, 9.17) is 0 Å². The van der Waals surface area contributed by atoms with Gasteiger partial charge in [-0.05, 0) is 41.5 Å². The number of hydrogen-bond acceptors (Lipinski definition) is 5. The van der Waals surface area contributed by atoms with Gasteiger partial charge in [-0.25, -0.2) is 8.42 Å². The Labute approximate surface area is 179 Å². The van der Waals surface area contributed by atoms with Crippen molar-refractivity contribution in [2.24, 2.45) is 0 Å². The van der Waals surface area contributed by atoms with Crippen LogP contribution in [-0.4, -0.2) is 48.9 Å². The summed E-state index contributed by atoms with van der Waals surface area (Å²) in [6, 6.07) is 12.9. The van der Waals surface area contributed by atoms with Crippen LogP contribution in [0, 0.1) is 0 Å². The van der Waals surface area contributed by atoms with Crippen molar-refractivity contribution in [3.63, 3.8) is 0 Å². The molecule has 0 bridgehead atoms. The van der Waals surface area contributed by atoms with Gasteiger partial charge in [-0.2, -0.15) is 4.31 Å². The van der Waals surface area contributed by atoms with Gasteiger partial charge in [0.15, 0.2) is 0 Å². The van der Waals surface area contributed by atoms with Crippen LogP contribution in [-0.2, 0) is 16.4 Å². The van der Waals surface area contributed by atoms with Crippen LogP contribution in [0.2, 0.25) is 0 Å². The Kier molecular flexibility index (Phi) is 3.97. The molecule has 0 spiro atoms. The fourth-order valence-corrected chi connectivity index (χ4v) is 6.58. The molecule has 2 aromatic carbocycles. The Morgan fingerprint density at radius 2 is 1.68 bits per heavy atom. The lowest BCUT2D eigenvalue weighted by Gasteiger charge is -2.35. The standard InChI is InChI=1S/C23H20N4O3S/c28-23-17-3-1-2-15-14-18-20(5-4-19(25-23)22(18)21(15)17)31(29,30)27-12-10-26(11-13-27)16-6-8-24-9-7-16/h1-9H,10-14H2,(H,25,28). The third-order valence-corrected chi connectivity index (χ3v) is 8.40. The van der Waals surface area contributed by atoms with Gasteiger partial charge in [-0.1, -0.05) is 12.1 Å². The van der Waals surface area contributed by atoms with E-state index in [9.17, 15) is 13.2 Å². The topological polar surface area (TPSA) is 86.4 Å². The Balaban J connectivity index is 1.39. The molecule has 0 amide bonds. The molecular formula is C23H20N4O3S. The zero-order valence-corrected chi connectivity index (χ0v) is 17.5. The smallest absolute Gasteiger partial charge is 0.256 e. The molecule has 6 rings (SSSR count). The largest absolute Gasteiger partial charge is 0.369 e. The molecule has 1 saturated heterocycles. The highest BCUT2D eigenvalue weighted by Gasteiger charge is 2.33. The van der Waals surface area contributed by atoms with Gasteiger partial charge < -0.3 is 9.88 Å². The molecule has 2 aliphatic rings. The monoisotopic (exact) mass is 432 g/mol. The number of H-pyrrole nitrogens is 1. The molecule has 3 heterocycles. The van der Waals surface area contributed by atoms with E-state index in [0.29, 0.717) is 48.4 Å². The summed E-state index contributed by atoms with van der Waals surface area (Å²) in [6.45, 7) is 2.11. The van der Waals surface area contributed by atoms with Crippen LogP contribution in [0.25, 0.3) is 21.7 Å². The molecular weight excluding hydrogens is 412 g/mol. The second-order valence-electron chi connectivity index (χ2n) is 8.03. The molecule has 1 aliphatic carbocycles. The summed E-state index contributed by atoms with van der Waals surface area (Å²) in [7, 11) is -3.65. The van der Waals surface area contributed by atoms with Crippen molar-refractivity contribution in [2.75, 3.05) is 31.1 Å². The van der Waals surface area contributed by atoms with Gasteiger partial charge in [-0.15, -0.1) is 0 Å². The van der Waals surface area contributed by atoms with Crippen LogP contribution >= 0.6 is 0 Å². The van der Waals surface area contributed by atoms with Crippen LogP contribution in [0.4, 0.5) is 5.69 Å². The lowest BCUT2D eigenvalue weighted by Crippen LogP contribution is -2.48. The summed E-state index contributed by atoms with van der Waals surface area (Å²) in [6.07, 6.45) is 4.02. The van der Waals surface area contributed by atoms with E-state index >= 15 is 0 Å². The highest BCUT2D eigenvalue weighted by Crippen LogP contribution is 2.39. The molecule has 2 aromatic heterocycles. The van der Waals surface area contributed by atoms with E-state index in [-0.39, 0.29) is 5.56 Å². The van der Waals surface area contributed by atoms with E-state index in [2.05, 4.69) is 14.9 Å². The van der Waals surface area contributed by atoms with E-state index in [1.165, 1.54) is 0 Å². The van der Waals surface area contributed by atoms with Crippen molar-refractivity contribution in [3.05, 3.63) is 76.3 Å². The van der Waals surface area contributed by atoms with Gasteiger partial charge in [0.2, 0.25) is 10.0 Å². The van der Waals surface area contributed by atoms with Crippen LogP contribution in [0.5, 0.6) is 0 Å². The van der Waals surface area contributed by atoms with Crippen molar-refractivity contribution in [1.82, 2.24) is 14.3 Å². The third kappa shape index (κ3) is 2.72. The van der Waals surface area contributed by atoms with Crippen LogP contribution in [0.3, 0.4) is 0 Å². The molecule has 0 radical (unpaired) electrons. The highest BCUT2D eigenvalue weighted by molar-refractivity contribution is 7.89. The molecule has 8 heteroatoms. The first kappa shape index (κ1) is 18.5. The normalized spacial score (nSPS) is 16.6. The van der Waals surface area contributed by atoms with E-state index in [1.54, 1.807) is 34.9 Å². The van der Waals surface area contributed by atoms with Crippen molar-refractivity contribution >= 4 is 37.4 Å². The maximum atomic E-state index is 13.6. The molecule has 1 fully saturated rings. The minimum atomic E-state index is -3.65. The van der Waals surface area contributed by atoms with Crippen LogP contribution < -0.4 is 10.5 Å². The second-order valence-corrected chi connectivity index (χ2v) is 9.94. The average Bonchev–Trinajstić information content (AvgIpc) is 3.19. The Morgan fingerprint density at radius 3 is 2.45 bits per heavy atom. The van der Waals surface area contributed by atoms with Gasteiger partial charge in [-0.3, -0.25) is 9.78 Å². The number of sulfonamides is 1. The average molecular weight is 433 g/mol. The van der Waals surface area contributed by atoms with Crippen molar-refractivity contribution in [2.45, 2.75) is 11.3 Å². The maximum Gasteiger partial charge on any atom is 0.256 e. The first-order chi connectivity index (χ1) is 15.0. The number of rotatable bonds is 3. The fraction of sp³-hybridized carbons (Fsp3) is 0.217. The summed E-state index contributed by atoms with van der Waals surface area (Å²) >= 11 is 0. The number of aromatic nitrogens is 2. The Bertz CT molecular complexity index is 1510. The second kappa shape index (κ2) is 6.63. The SMILES string of the molecule is O=c1[nH]c2ccc(S(=O)(=O)N3CCN(c4ccncc4)CC3)c3c2c2c(cccc12)C3. The highest BCUT2D eigenvalue weighted by atomic mass is 32.2. The molecule has 7 nitrogen and oxygen atoms in total. The lowest BCUT2D eigenvalue weighted by atomic mass is 10.1. The summed E-state index contributed by atoms with van der Waals surface area (Å²) in [5.74, 6) is 0. The molecule has 31 heavy (non-hydrogen) atoms. The molecule has 156 valence electrons. The number of pyridine rings is 2. The quantitative estimate of drug-likeness (QED) is 0.443. The zero-order chi connectivity index (χ0) is 21.2. The number of nitrogens with zero attached hydrogens (tertiary/aromatic N) is 3. The van der Waals surface area contributed by atoms with E-state index in [1.807, 2.05) is 24.3 Å². The lowest BCUT2D eigenvalue weighted by molar-refractivity contribution is 0.384. The molecule has 1 aliphatic heterocycles. The number of aromatic amines is 1. The summed E-state index contributed by atoms with van der Waals surface area (Å²) in [5.41, 5.74) is 3.40. The number of benzene rings is 2. The number of hydrogen-bond donors (Lipinski definition) is 1. The molecule has 0 unspecified atom stereocenters. The Hall–Kier alpha value is -3.23. The minimum Gasteiger partial charge on any atom is -0.369 e. The van der Waals surface area contributed by atoms with Gasteiger partial charge >= 0.3 is 0 Å². The van der Waals surface area contributed by atoms with E-state index in [0.717, 1.165) is 27.6 Å². The number of piperazine rings is 1. The van der Waals surface area contributed by atoms with Crippen LogP contribution in [0.15, 0.2) is 64.5 Å². The fourth-order valence-electron chi connectivity index (χ4n) is 4.93. The zero-order valence-electron chi connectivity index (χ0n) is 16.7. The predicted molar refractivity (Wildman–Crippen MR) is 120 cm³/mol. The van der Waals surface area contributed by atoms with E-state index < -0.39 is 10.0 Å². The third-order valence-electron chi connectivity index (χ3n) is 6.42. The van der Waals surface area contributed by atoms with Crippen LogP contribution in [0.1, 0.15) is 11.1 Å². The van der Waals surface area contributed by atoms with Gasteiger partial charge in [0.1, 0.15) is 0 Å². The predicted octanol–water partition coefficient (Wildman–Crippen LogP) is 2.49. The van der Waals surface area contributed by atoms with Gasteiger partial charge in [0.25, 0.3) is 5.56 Å². The Morgan fingerprint density at radius 1 is 0.903 bits per heavy atom. The number of nitrogens with one attached hydrogen (secondary N) is 1. The summed E-state index contributed by atoms with van der Waals surface area (Å²) in [5, 5.41) is 2.36. The minimum absolute atomic E-state index is 0.139. The molecule has 0 saturated carbocycles. The van der Waals surface area contributed by atoms with Crippen molar-refractivity contribution in [3.8, 4) is 0 Å². The first-order valence-corrected chi connectivity index (χ1v) is 11.7. The molecule has 4 aromatic rings. The maximum absolute atomic E-state index is 13.6. The first-order valence-electron chi connectivity index (χ1n) is 10.3.